The predicted octanol–water partition coefficient (Wildman–Crippen LogP) is 1.16. The molecule has 0 aliphatic heterocycles. The van der Waals surface area contributed by atoms with Crippen LogP contribution < -0.4 is 10.0 Å². The first-order valence-corrected chi connectivity index (χ1v) is 15.6. The molecule has 184 valence electrons. The van der Waals surface area contributed by atoms with E-state index in [-0.39, 0.29) is 33.9 Å². The van der Waals surface area contributed by atoms with Crippen molar-refractivity contribution < 1.29 is 40.5 Å². The van der Waals surface area contributed by atoms with Gasteiger partial charge in [-0.05, 0) is 32.1 Å². The highest BCUT2D eigenvalue weighted by molar-refractivity contribution is 7.92. The van der Waals surface area contributed by atoms with E-state index in [9.17, 15) is 36.0 Å². The van der Waals surface area contributed by atoms with Crippen LogP contribution in [0, 0.1) is 12.8 Å². The molecule has 32 heavy (non-hydrogen) atoms. The Labute approximate surface area is 191 Å². The number of nitrogens with zero attached hydrogens (tertiary/aromatic N) is 1. The number of rotatable bonds is 11. The molecule has 4 N–H and O–H groups in total. The lowest BCUT2D eigenvalue weighted by atomic mass is 9.97. The third kappa shape index (κ3) is 7.83. The fourth-order valence-corrected chi connectivity index (χ4v) is 8.84. The fourth-order valence-electron chi connectivity index (χ4n) is 3.91. The van der Waals surface area contributed by atoms with E-state index in [2.05, 4.69) is 15.0 Å². The zero-order chi connectivity index (χ0) is 24.3. The summed E-state index contributed by atoms with van der Waals surface area (Å²) < 4.78 is 68.7. The number of anilines is 1. The minimum Gasteiger partial charge on any atom is -0.303 e. The Morgan fingerprint density at radius 1 is 1.28 bits per heavy atom. The van der Waals surface area contributed by atoms with Crippen LogP contribution in [0.5, 0.6) is 0 Å². The number of phosphoric acid groups is 1. The standard InChI is InChI=1S/C16H28N3O9PS3/c1-10-15(30-16(18-10)19-11(2)20)32(26,27)17-9-8-13(28-29(21,22)23)14(31(3,24)25)12-6-4-5-7-12/h12-14,17H,4-9H2,1-3H3,(H,18,19,20)(H2,21,22,23). The smallest absolute Gasteiger partial charge is 0.303 e. The van der Waals surface area contributed by atoms with Crippen molar-refractivity contribution in [3.8, 4) is 0 Å². The number of aryl methyl sites for hydroxylation is 1. The van der Waals surface area contributed by atoms with Crippen LogP contribution in [0.15, 0.2) is 4.21 Å². The normalized spacial score (nSPS) is 17.9. The third-order valence-electron chi connectivity index (χ3n) is 5.00. The van der Waals surface area contributed by atoms with Gasteiger partial charge in [0.15, 0.2) is 19.2 Å². The van der Waals surface area contributed by atoms with Gasteiger partial charge in [0.25, 0.3) is 10.0 Å². The Hall–Kier alpha value is -0.930. The first kappa shape index (κ1) is 27.3. The lowest BCUT2D eigenvalue weighted by molar-refractivity contribution is -0.114. The van der Waals surface area contributed by atoms with E-state index in [0.29, 0.717) is 12.8 Å². The van der Waals surface area contributed by atoms with Gasteiger partial charge in [0.2, 0.25) is 5.91 Å². The van der Waals surface area contributed by atoms with Crippen LogP contribution in [0.4, 0.5) is 5.13 Å². The Morgan fingerprint density at radius 3 is 2.38 bits per heavy atom. The Bertz CT molecular complexity index is 1080. The van der Waals surface area contributed by atoms with Gasteiger partial charge < -0.3 is 15.1 Å². The number of hydrogen-bond acceptors (Lipinski definition) is 9. The first-order chi connectivity index (χ1) is 14.6. The van der Waals surface area contributed by atoms with Gasteiger partial charge in [0.1, 0.15) is 0 Å². The molecule has 1 aromatic rings. The van der Waals surface area contributed by atoms with E-state index in [4.69, 9.17) is 4.52 Å². The summed E-state index contributed by atoms with van der Waals surface area (Å²) in [6, 6.07) is 0. The molecule has 2 atom stereocenters. The highest BCUT2D eigenvalue weighted by atomic mass is 32.2. The Balaban J connectivity index is 2.19. The van der Waals surface area contributed by atoms with Crippen molar-refractivity contribution in [1.29, 1.82) is 0 Å². The first-order valence-electron chi connectivity index (χ1n) is 9.77. The van der Waals surface area contributed by atoms with Gasteiger partial charge in [-0.25, -0.2) is 31.1 Å². The average Bonchev–Trinajstić information content (AvgIpc) is 3.21. The summed E-state index contributed by atoms with van der Waals surface area (Å²) in [5, 5.41) is 1.34. The molecule has 0 saturated heterocycles. The summed E-state index contributed by atoms with van der Waals surface area (Å²) in [5.41, 5.74) is 0.161. The molecular formula is C16H28N3O9PS3. The van der Waals surface area contributed by atoms with E-state index in [1.165, 1.54) is 13.8 Å². The Kier molecular flexibility index (Phi) is 9.01. The number of thiazole rings is 1. The number of carbonyl (C=O) groups is 1. The molecule has 0 spiro atoms. The van der Waals surface area contributed by atoms with Crippen LogP contribution in [-0.4, -0.2) is 61.7 Å². The summed E-state index contributed by atoms with van der Waals surface area (Å²) in [7, 11) is -12.8. The molecule has 1 heterocycles. The van der Waals surface area contributed by atoms with Gasteiger partial charge >= 0.3 is 7.82 Å². The molecule has 0 aromatic carbocycles. The maximum atomic E-state index is 12.7. The number of sulfonamides is 1. The van der Waals surface area contributed by atoms with Crippen molar-refractivity contribution in [1.82, 2.24) is 9.71 Å². The van der Waals surface area contributed by atoms with Crippen LogP contribution in [0.3, 0.4) is 0 Å². The number of phosphoric ester groups is 1. The number of hydrogen-bond donors (Lipinski definition) is 4. The molecule has 1 saturated carbocycles. The number of sulfone groups is 1. The zero-order valence-electron chi connectivity index (χ0n) is 17.8. The van der Waals surface area contributed by atoms with Crippen molar-refractivity contribution >= 4 is 50.1 Å². The molecule has 2 unspecified atom stereocenters. The predicted molar refractivity (Wildman–Crippen MR) is 118 cm³/mol. The summed E-state index contributed by atoms with van der Waals surface area (Å²) in [6.45, 7) is 2.39. The van der Waals surface area contributed by atoms with E-state index in [0.717, 1.165) is 30.4 Å². The van der Waals surface area contributed by atoms with Crippen molar-refractivity contribution in [2.75, 3.05) is 18.1 Å². The second-order valence-electron chi connectivity index (χ2n) is 7.73. The minimum absolute atomic E-state index is 0.108. The number of nitrogens with one attached hydrogen (secondary N) is 2. The molecule has 1 aromatic heterocycles. The van der Waals surface area contributed by atoms with Crippen LogP contribution in [0.1, 0.15) is 44.7 Å². The van der Waals surface area contributed by atoms with Gasteiger partial charge in [-0.3, -0.25) is 9.32 Å². The van der Waals surface area contributed by atoms with Crippen LogP contribution in [0.25, 0.3) is 0 Å². The van der Waals surface area contributed by atoms with E-state index >= 15 is 0 Å². The topological polar surface area (TPSA) is 189 Å². The monoisotopic (exact) mass is 533 g/mol. The van der Waals surface area contributed by atoms with Gasteiger partial charge in [-0.2, -0.15) is 0 Å². The van der Waals surface area contributed by atoms with Crippen LogP contribution >= 0.6 is 19.2 Å². The average molecular weight is 534 g/mol. The van der Waals surface area contributed by atoms with Gasteiger partial charge in [-0.1, -0.05) is 24.2 Å². The summed E-state index contributed by atoms with van der Waals surface area (Å²) in [4.78, 5) is 33.8. The third-order valence-corrected chi connectivity index (χ3v) is 10.4. The second kappa shape index (κ2) is 10.6. The minimum atomic E-state index is -5.03. The zero-order valence-corrected chi connectivity index (χ0v) is 21.2. The summed E-state index contributed by atoms with van der Waals surface area (Å²) in [6.07, 6.45) is 2.08. The number of carbonyl (C=O) groups excluding carboxylic acids is 1. The lowest BCUT2D eigenvalue weighted by Gasteiger charge is -2.30. The van der Waals surface area contributed by atoms with Crippen molar-refractivity contribution in [3.63, 3.8) is 0 Å². The van der Waals surface area contributed by atoms with Crippen molar-refractivity contribution in [3.05, 3.63) is 5.69 Å². The van der Waals surface area contributed by atoms with Gasteiger partial charge in [0.05, 0.1) is 17.0 Å². The van der Waals surface area contributed by atoms with Crippen molar-refractivity contribution in [2.45, 2.75) is 61.5 Å². The van der Waals surface area contributed by atoms with Gasteiger partial charge in [-0.15, -0.1) is 0 Å². The molecule has 2 rings (SSSR count). The van der Waals surface area contributed by atoms with E-state index < -0.39 is 44.9 Å². The molecule has 1 amide bonds. The van der Waals surface area contributed by atoms with Gasteiger partial charge in [0, 0.05) is 19.7 Å². The molecule has 1 aliphatic carbocycles. The molecule has 16 heteroatoms. The summed E-state index contributed by atoms with van der Waals surface area (Å²) in [5.74, 6) is -0.742. The number of aromatic nitrogens is 1. The van der Waals surface area contributed by atoms with Crippen LogP contribution in [-0.2, 0) is 33.7 Å². The Morgan fingerprint density at radius 2 is 1.88 bits per heavy atom. The highest BCUT2D eigenvalue weighted by Crippen LogP contribution is 2.43. The molecule has 1 fully saturated rings. The molecular weight excluding hydrogens is 505 g/mol. The number of amides is 1. The fraction of sp³-hybridized carbons (Fsp3) is 0.750. The van der Waals surface area contributed by atoms with Crippen molar-refractivity contribution in [2.24, 2.45) is 5.92 Å². The van der Waals surface area contributed by atoms with Crippen LogP contribution in [0.2, 0.25) is 0 Å². The highest BCUT2D eigenvalue weighted by Gasteiger charge is 2.42. The largest absolute Gasteiger partial charge is 0.469 e. The molecule has 12 nitrogen and oxygen atoms in total. The van der Waals surface area contributed by atoms with E-state index in [1.807, 2.05) is 0 Å². The summed E-state index contributed by atoms with van der Waals surface area (Å²) >= 11 is 0.749. The second-order valence-corrected chi connectivity index (χ2v) is 14.1. The SMILES string of the molecule is CC(=O)Nc1nc(C)c(S(=O)(=O)NCCC(OP(=O)(O)O)C(C2CCCC2)S(C)(=O)=O)s1. The maximum absolute atomic E-state index is 12.7. The molecule has 0 radical (unpaired) electrons. The molecule has 1 aliphatic rings. The lowest BCUT2D eigenvalue weighted by Crippen LogP contribution is -2.42. The van der Waals surface area contributed by atoms with E-state index in [1.54, 1.807) is 0 Å². The molecule has 0 bridgehead atoms. The quantitative estimate of drug-likeness (QED) is 0.300. The maximum Gasteiger partial charge on any atom is 0.469 e.